The second-order valence-corrected chi connectivity index (χ2v) is 8.68. The normalized spacial score (nSPS) is 20.4. The molecule has 0 amide bonds. The molecule has 7 nitrogen and oxygen atoms in total. The molecular formula is C26H37N3O4. The predicted octanol–water partition coefficient (Wildman–Crippen LogP) is 4.32. The molecule has 2 aliphatic rings. The number of para-hydroxylation sites is 1. The Bertz CT molecular complexity index is 880. The summed E-state index contributed by atoms with van der Waals surface area (Å²) in [6, 6.07) is 6.60. The van der Waals surface area contributed by atoms with E-state index in [-0.39, 0.29) is 6.10 Å². The molecule has 0 saturated carbocycles. The summed E-state index contributed by atoms with van der Waals surface area (Å²) in [6.07, 6.45) is 7.77. The highest BCUT2D eigenvalue weighted by Gasteiger charge is 2.35. The smallest absolute Gasteiger partial charge is 0.325 e. The summed E-state index contributed by atoms with van der Waals surface area (Å²) in [6.45, 7) is 8.98. The van der Waals surface area contributed by atoms with E-state index in [1.54, 1.807) is 13.2 Å². The fraction of sp³-hybridized carbons (Fsp3) is 0.538. The molecule has 7 heteroatoms. The number of ether oxygens (including phenoxy) is 2. The molecule has 33 heavy (non-hydrogen) atoms. The lowest BCUT2D eigenvalue weighted by Gasteiger charge is -2.25. The van der Waals surface area contributed by atoms with Crippen LogP contribution in [0.2, 0.25) is 0 Å². The third-order valence-electron chi connectivity index (χ3n) is 6.31. The number of unbranched alkanes of at least 4 members (excludes halogenated alkanes) is 1. The first-order valence-corrected chi connectivity index (χ1v) is 11.9. The number of rotatable bonds is 12. The molecule has 0 bridgehead atoms. The quantitative estimate of drug-likeness (QED) is 0.361. The molecule has 1 aromatic carbocycles. The van der Waals surface area contributed by atoms with E-state index < -0.39 is 12.0 Å². The number of likely N-dealkylation sites (tertiary alicyclic amines) is 1. The molecule has 1 unspecified atom stereocenters. The topological polar surface area (TPSA) is 83.4 Å². The van der Waals surface area contributed by atoms with Crippen LogP contribution in [0.25, 0.3) is 0 Å². The van der Waals surface area contributed by atoms with Gasteiger partial charge in [-0.3, -0.25) is 9.69 Å². The summed E-state index contributed by atoms with van der Waals surface area (Å²) in [4.78, 5) is 18.8. The van der Waals surface area contributed by atoms with E-state index in [0.717, 1.165) is 56.6 Å². The Hall–Kier alpha value is -2.64. The van der Waals surface area contributed by atoms with Crippen molar-refractivity contribution < 1.29 is 19.4 Å². The Kier molecular flexibility index (Phi) is 9.51. The third kappa shape index (κ3) is 6.92. The highest BCUT2D eigenvalue weighted by molar-refractivity contribution is 5.95. The number of hydrogen-bond donors (Lipinski definition) is 2. The molecule has 2 aliphatic heterocycles. The number of carbonyl (C=O) groups is 1. The Morgan fingerprint density at radius 1 is 1.39 bits per heavy atom. The van der Waals surface area contributed by atoms with Gasteiger partial charge in [-0.1, -0.05) is 24.8 Å². The van der Waals surface area contributed by atoms with Crippen molar-refractivity contribution in [2.24, 2.45) is 4.99 Å². The molecule has 180 valence electrons. The number of methoxy groups -OCH3 is 1. The minimum absolute atomic E-state index is 0.0494. The number of hydrogen-bond acceptors (Lipinski definition) is 6. The number of aliphatic carboxylic acids is 1. The van der Waals surface area contributed by atoms with Gasteiger partial charge in [0, 0.05) is 37.5 Å². The van der Waals surface area contributed by atoms with Crippen molar-refractivity contribution in [2.75, 3.05) is 33.4 Å². The first-order chi connectivity index (χ1) is 16.0. The zero-order valence-corrected chi connectivity index (χ0v) is 19.9. The Morgan fingerprint density at radius 2 is 2.21 bits per heavy atom. The van der Waals surface area contributed by atoms with Gasteiger partial charge in [-0.2, -0.15) is 0 Å². The van der Waals surface area contributed by atoms with E-state index in [2.05, 4.69) is 18.8 Å². The number of nitrogens with one attached hydrogen (secondary N) is 1. The maximum absolute atomic E-state index is 12.1. The average molecular weight is 456 g/mol. The van der Waals surface area contributed by atoms with Gasteiger partial charge >= 0.3 is 5.97 Å². The molecule has 0 aliphatic carbocycles. The Morgan fingerprint density at radius 3 is 2.94 bits per heavy atom. The van der Waals surface area contributed by atoms with E-state index in [0.29, 0.717) is 31.0 Å². The van der Waals surface area contributed by atoms with Crippen LogP contribution in [-0.4, -0.2) is 61.1 Å². The average Bonchev–Trinajstić information content (AvgIpc) is 3.27. The number of aliphatic imine (C=N–C) groups is 1. The first-order valence-electron chi connectivity index (χ1n) is 11.9. The fourth-order valence-electron chi connectivity index (χ4n) is 4.47. The molecule has 2 N–H and O–H groups in total. The lowest BCUT2D eigenvalue weighted by atomic mass is 10.0. The third-order valence-corrected chi connectivity index (χ3v) is 6.31. The summed E-state index contributed by atoms with van der Waals surface area (Å²) in [5, 5.41) is 13.3. The van der Waals surface area contributed by atoms with Gasteiger partial charge in [0.2, 0.25) is 0 Å². The number of nitrogens with zero attached hydrogens (tertiary/aromatic N) is 2. The summed E-state index contributed by atoms with van der Waals surface area (Å²) in [5.41, 5.74) is 3.00. The summed E-state index contributed by atoms with van der Waals surface area (Å²) >= 11 is 0. The molecule has 0 radical (unpaired) electrons. The van der Waals surface area contributed by atoms with Crippen LogP contribution in [0.3, 0.4) is 0 Å². The molecule has 1 fully saturated rings. The largest absolute Gasteiger partial charge is 0.496 e. The van der Waals surface area contributed by atoms with Gasteiger partial charge < -0.3 is 19.9 Å². The van der Waals surface area contributed by atoms with E-state index in [9.17, 15) is 9.90 Å². The van der Waals surface area contributed by atoms with Crippen LogP contribution in [0.5, 0.6) is 5.75 Å². The number of allylic oxidation sites excluding steroid dienone is 2. The maximum atomic E-state index is 12.1. The highest BCUT2D eigenvalue weighted by atomic mass is 16.5. The number of carboxylic acids is 1. The second kappa shape index (κ2) is 12.6. The number of benzene rings is 1. The molecule has 2 atom stereocenters. The lowest BCUT2D eigenvalue weighted by molar-refractivity contribution is -0.143. The highest BCUT2D eigenvalue weighted by Crippen LogP contribution is 2.32. The minimum Gasteiger partial charge on any atom is -0.496 e. The zero-order valence-electron chi connectivity index (χ0n) is 19.9. The lowest BCUT2D eigenvalue weighted by Crippen LogP contribution is -2.33. The summed E-state index contributed by atoms with van der Waals surface area (Å²) in [5.74, 6) is 0.735. The molecule has 1 aromatic rings. The van der Waals surface area contributed by atoms with Crippen molar-refractivity contribution in [3.63, 3.8) is 0 Å². The van der Waals surface area contributed by atoms with Crippen LogP contribution >= 0.6 is 0 Å². The predicted molar refractivity (Wildman–Crippen MR) is 131 cm³/mol. The van der Waals surface area contributed by atoms with E-state index >= 15 is 0 Å². The maximum Gasteiger partial charge on any atom is 0.325 e. The van der Waals surface area contributed by atoms with Crippen LogP contribution < -0.4 is 10.1 Å². The fourth-order valence-corrected chi connectivity index (χ4v) is 4.47. The summed E-state index contributed by atoms with van der Waals surface area (Å²) in [7, 11) is 1.57. The molecule has 0 spiro atoms. The van der Waals surface area contributed by atoms with Gasteiger partial charge in [-0.25, -0.2) is 4.99 Å². The standard InChI is InChI=1S/C26H37N3O4/c1-4-20(28-25-19(2)10-9-15-27-25)11-7-8-17-33-21-14-16-29(18-21)24(26(30)31)22-12-5-6-13-23(22)32-3/h4-6,12-13,21,24,27H,1,7-11,14-18H2,2-3H3,(H,30,31)/b28-20+/t21-,24?/m1/s1. The van der Waals surface area contributed by atoms with Crippen molar-refractivity contribution in [3.8, 4) is 5.75 Å². The zero-order chi connectivity index (χ0) is 23.6. The Balaban J connectivity index is 1.45. The Labute approximate surface area is 197 Å². The minimum atomic E-state index is -0.866. The van der Waals surface area contributed by atoms with E-state index in [1.165, 1.54) is 5.57 Å². The van der Waals surface area contributed by atoms with Gasteiger partial charge in [0.1, 0.15) is 17.6 Å². The van der Waals surface area contributed by atoms with Gasteiger partial charge in [0.15, 0.2) is 0 Å². The van der Waals surface area contributed by atoms with Crippen LogP contribution in [0, 0.1) is 0 Å². The molecule has 1 saturated heterocycles. The van der Waals surface area contributed by atoms with Crippen molar-refractivity contribution in [1.29, 1.82) is 0 Å². The van der Waals surface area contributed by atoms with Crippen molar-refractivity contribution in [2.45, 2.75) is 57.6 Å². The monoisotopic (exact) mass is 455 g/mol. The first kappa shape index (κ1) is 25.0. The van der Waals surface area contributed by atoms with Crippen molar-refractivity contribution >= 4 is 11.7 Å². The van der Waals surface area contributed by atoms with Gasteiger partial charge in [0.05, 0.1) is 13.2 Å². The van der Waals surface area contributed by atoms with Crippen LogP contribution in [0.15, 0.2) is 53.3 Å². The van der Waals surface area contributed by atoms with Gasteiger partial charge in [0.25, 0.3) is 0 Å². The molecule has 0 aromatic heterocycles. The SMILES string of the molecule is C=C/C(CCCCO[C@@H]1CCN(C(C(=O)O)c2ccccc2OC)C1)=N\C1=C(C)CCCN1. The van der Waals surface area contributed by atoms with Gasteiger partial charge in [-0.15, -0.1) is 0 Å². The van der Waals surface area contributed by atoms with E-state index in [1.807, 2.05) is 29.2 Å². The number of carboxylic acid groups (broad SMARTS) is 1. The van der Waals surface area contributed by atoms with E-state index in [4.69, 9.17) is 14.5 Å². The molecule has 2 heterocycles. The molecule has 3 rings (SSSR count). The van der Waals surface area contributed by atoms with Crippen LogP contribution in [0.4, 0.5) is 0 Å². The second-order valence-electron chi connectivity index (χ2n) is 8.68. The van der Waals surface area contributed by atoms with Crippen molar-refractivity contribution in [3.05, 3.63) is 53.9 Å². The molecular weight excluding hydrogens is 418 g/mol. The van der Waals surface area contributed by atoms with Crippen LogP contribution in [0.1, 0.15) is 57.1 Å². The van der Waals surface area contributed by atoms with Crippen molar-refractivity contribution in [1.82, 2.24) is 10.2 Å². The summed E-state index contributed by atoms with van der Waals surface area (Å²) < 4.78 is 11.5. The van der Waals surface area contributed by atoms with Gasteiger partial charge in [-0.05, 0) is 63.2 Å². The van der Waals surface area contributed by atoms with Crippen LogP contribution in [-0.2, 0) is 9.53 Å².